The van der Waals surface area contributed by atoms with Crippen molar-refractivity contribution in [3.05, 3.63) is 114 Å². The molecule has 3 amide bonds. The fourth-order valence-electron chi connectivity index (χ4n) is 5.80. The average Bonchev–Trinajstić information content (AvgIpc) is 3.42. The number of nitrogens with one attached hydrogen (secondary N) is 3. The van der Waals surface area contributed by atoms with E-state index in [1.165, 1.54) is 24.0 Å². The van der Waals surface area contributed by atoms with Crippen molar-refractivity contribution < 1.29 is 22.8 Å². The van der Waals surface area contributed by atoms with Gasteiger partial charge in [0.25, 0.3) is 15.9 Å². The highest BCUT2D eigenvalue weighted by atomic mass is 32.2. The van der Waals surface area contributed by atoms with Crippen LogP contribution < -0.4 is 20.3 Å². The summed E-state index contributed by atoms with van der Waals surface area (Å²) in [7, 11) is -3.95. The maximum Gasteiger partial charge on any atom is 0.261 e. The summed E-state index contributed by atoms with van der Waals surface area (Å²) in [4.78, 5) is 42.3. The van der Waals surface area contributed by atoms with Crippen molar-refractivity contribution in [2.45, 2.75) is 31.1 Å². The van der Waals surface area contributed by atoms with Gasteiger partial charge in [-0.05, 0) is 79.4 Å². The Labute approximate surface area is 274 Å². The summed E-state index contributed by atoms with van der Waals surface area (Å²) in [6, 6.07) is 29.5. The van der Waals surface area contributed by atoms with Gasteiger partial charge in [-0.3, -0.25) is 19.1 Å². The Bertz CT molecular complexity index is 1940. The van der Waals surface area contributed by atoms with Crippen LogP contribution in [0.5, 0.6) is 0 Å². The number of likely N-dealkylation sites (tertiary alicyclic amines) is 1. The molecule has 1 saturated heterocycles. The fraction of sp³-hybridized carbons (Fsp3) is 0.194. The van der Waals surface area contributed by atoms with E-state index in [0.29, 0.717) is 52.7 Å². The molecule has 1 fully saturated rings. The van der Waals surface area contributed by atoms with Crippen molar-refractivity contribution in [3.63, 3.8) is 0 Å². The molecular weight excluding hydrogens is 614 g/mol. The highest BCUT2D eigenvalue weighted by Gasteiger charge is 2.30. The van der Waals surface area contributed by atoms with Gasteiger partial charge in [0.05, 0.1) is 16.2 Å². The maximum absolute atomic E-state index is 13.5. The van der Waals surface area contributed by atoms with E-state index in [4.69, 9.17) is 0 Å². The molecule has 0 spiro atoms. The lowest BCUT2D eigenvalue weighted by Crippen LogP contribution is -2.44. The molecule has 6 rings (SSSR count). The zero-order valence-electron chi connectivity index (χ0n) is 25.9. The molecule has 3 N–H and O–H groups in total. The van der Waals surface area contributed by atoms with Crippen LogP contribution in [0.4, 0.5) is 22.7 Å². The summed E-state index contributed by atoms with van der Waals surface area (Å²) in [6.07, 6.45) is 3.04. The van der Waals surface area contributed by atoms with E-state index in [9.17, 15) is 22.8 Å². The highest BCUT2D eigenvalue weighted by molar-refractivity contribution is 7.92. The van der Waals surface area contributed by atoms with Gasteiger partial charge < -0.3 is 20.4 Å². The zero-order valence-corrected chi connectivity index (χ0v) is 26.7. The zero-order chi connectivity index (χ0) is 33.0. The lowest BCUT2D eigenvalue weighted by Gasteiger charge is -2.29. The van der Waals surface area contributed by atoms with Crippen LogP contribution in [0.25, 0.3) is 11.3 Å². The lowest BCUT2D eigenvalue weighted by molar-refractivity contribution is -0.132. The second-order valence-corrected chi connectivity index (χ2v) is 13.1. The van der Waals surface area contributed by atoms with E-state index in [2.05, 4.69) is 15.4 Å². The number of anilines is 4. The Hall–Kier alpha value is -5.42. The second-order valence-electron chi connectivity index (χ2n) is 11.5. The number of sulfonamides is 1. The summed E-state index contributed by atoms with van der Waals surface area (Å²) in [5, 5.41) is 6.23. The van der Waals surface area contributed by atoms with Crippen LogP contribution in [0.1, 0.15) is 37.3 Å². The SMILES string of the molecule is CC(=O)N(CC(=O)N1CCCCC1)c1ccc(NC(=C2C(=O)Nc3ccc(S(=O)(=O)Nc4ccccc4)cc32)c2ccccc2)cc1. The molecule has 0 bridgehead atoms. The van der Waals surface area contributed by atoms with Gasteiger partial charge in [-0.15, -0.1) is 0 Å². The van der Waals surface area contributed by atoms with Crippen LogP contribution in [0.15, 0.2) is 108 Å². The minimum absolute atomic E-state index is 0.00860. The van der Waals surface area contributed by atoms with E-state index in [0.717, 1.165) is 19.3 Å². The molecule has 0 saturated carbocycles. The number of para-hydroxylation sites is 1. The third-order valence-electron chi connectivity index (χ3n) is 8.21. The van der Waals surface area contributed by atoms with E-state index >= 15 is 0 Å². The first-order valence-electron chi connectivity index (χ1n) is 15.5. The predicted octanol–water partition coefficient (Wildman–Crippen LogP) is 5.79. The van der Waals surface area contributed by atoms with Gasteiger partial charge in [0.2, 0.25) is 11.8 Å². The molecule has 2 aliphatic heterocycles. The number of carbonyl (C=O) groups is 3. The summed E-state index contributed by atoms with van der Waals surface area (Å²) in [5.41, 5.74) is 4.02. The number of rotatable bonds is 9. The molecule has 0 aromatic heterocycles. The van der Waals surface area contributed by atoms with Gasteiger partial charge in [0, 0.05) is 48.3 Å². The standard InChI is InChI=1S/C36H35N5O5S/c1-25(42)41(24-33(43)40-21-9-4-10-22-40)29-17-15-27(16-18-29)37-35(26-11-5-2-6-12-26)34-31-23-30(19-20-32(31)38-36(34)44)47(45,46)39-28-13-7-3-8-14-28/h2-3,5-8,11-20,23,37,39H,4,9-10,21-22,24H2,1H3,(H,38,44). The van der Waals surface area contributed by atoms with Crippen LogP contribution in [0.3, 0.4) is 0 Å². The Morgan fingerprint density at radius 2 is 1.49 bits per heavy atom. The molecule has 2 aliphatic rings. The van der Waals surface area contributed by atoms with Gasteiger partial charge >= 0.3 is 0 Å². The predicted molar refractivity (Wildman–Crippen MR) is 184 cm³/mol. The van der Waals surface area contributed by atoms with Crippen molar-refractivity contribution in [3.8, 4) is 0 Å². The van der Waals surface area contributed by atoms with Crippen LogP contribution >= 0.6 is 0 Å². The summed E-state index contributed by atoms with van der Waals surface area (Å²) in [6.45, 7) is 2.81. The maximum atomic E-state index is 13.5. The van der Waals surface area contributed by atoms with Gasteiger partial charge in [-0.25, -0.2) is 8.42 Å². The monoisotopic (exact) mass is 649 g/mol. The van der Waals surface area contributed by atoms with E-state index in [-0.39, 0.29) is 34.7 Å². The summed E-state index contributed by atoms with van der Waals surface area (Å²) >= 11 is 0. The highest BCUT2D eigenvalue weighted by Crippen LogP contribution is 2.39. The number of piperidine rings is 1. The van der Waals surface area contributed by atoms with Crippen molar-refractivity contribution in [2.75, 3.05) is 39.9 Å². The largest absolute Gasteiger partial charge is 0.354 e. The topological polar surface area (TPSA) is 128 Å². The van der Waals surface area contributed by atoms with Gasteiger partial charge in [-0.1, -0.05) is 48.5 Å². The minimum atomic E-state index is -3.95. The van der Waals surface area contributed by atoms with Crippen molar-refractivity contribution in [1.29, 1.82) is 0 Å². The molecule has 11 heteroatoms. The Morgan fingerprint density at radius 1 is 0.830 bits per heavy atom. The third kappa shape index (κ3) is 7.05. The van der Waals surface area contributed by atoms with Crippen LogP contribution in [-0.4, -0.2) is 50.7 Å². The normalized spacial score (nSPS) is 15.3. The lowest BCUT2D eigenvalue weighted by atomic mass is 10.00. The molecule has 0 unspecified atom stereocenters. The molecule has 240 valence electrons. The van der Waals surface area contributed by atoms with Crippen molar-refractivity contribution in [2.24, 2.45) is 0 Å². The van der Waals surface area contributed by atoms with Gasteiger partial charge in [0.15, 0.2) is 0 Å². The number of carbonyl (C=O) groups excluding carboxylic acids is 3. The molecule has 2 heterocycles. The molecule has 4 aromatic rings. The quantitative estimate of drug-likeness (QED) is 0.197. The first-order chi connectivity index (χ1) is 22.7. The molecule has 0 radical (unpaired) electrons. The third-order valence-corrected chi connectivity index (χ3v) is 9.59. The number of benzene rings is 4. The number of hydrogen-bond donors (Lipinski definition) is 3. The first-order valence-corrected chi connectivity index (χ1v) is 16.9. The van der Waals surface area contributed by atoms with Gasteiger partial charge in [0.1, 0.15) is 6.54 Å². The van der Waals surface area contributed by atoms with Crippen molar-refractivity contribution >= 4 is 61.8 Å². The molecule has 4 aromatic carbocycles. The van der Waals surface area contributed by atoms with Gasteiger partial charge in [-0.2, -0.15) is 0 Å². The van der Waals surface area contributed by atoms with Crippen molar-refractivity contribution in [1.82, 2.24) is 4.90 Å². The molecule has 10 nitrogen and oxygen atoms in total. The fourth-order valence-corrected chi connectivity index (χ4v) is 6.88. The van der Waals surface area contributed by atoms with Crippen LogP contribution in [0.2, 0.25) is 0 Å². The summed E-state index contributed by atoms with van der Waals surface area (Å²) in [5.74, 6) is -0.702. The van der Waals surface area contributed by atoms with Crippen LogP contribution in [-0.2, 0) is 24.4 Å². The van der Waals surface area contributed by atoms with E-state index < -0.39 is 10.0 Å². The second kappa shape index (κ2) is 13.5. The van der Waals surface area contributed by atoms with Crippen LogP contribution in [0, 0.1) is 0 Å². The first kappa shape index (κ1) is 31.6. The number of hydrogen-bond acceptors (Lipinski definition) is 6. The smallest absolute Gasteiger partial charge is 0.261 e. The van der Waals surface area contributed by atoms with E-state index in [1.807, 2.05) is 35.2 Å². The average molecular weight is 650 g/mol. The molecule has 47 heavy (non-hydrogen) atoms. The number of amides is 3. The Kier molecular flexibility index (Phi) is 9.08. The number of fused-ring (bicyclic) bond motifs is 1. The summed E-state index contributed by atoms with van der Waals surface area (Å²) < 4.78 is 29.2. The molecule has 0 aliphatic carbocycles. The number of nitrogens with zero attached hydrogens (tertiary/aromatic N) is 2. The molecule has 0 atom stereocenters. The van der Waals surface area contributed by atoms with E-state index in [1.54, 1.807) is 60.7 Å². The molecular formula is C36H35N5O5S. The minimum Gasteiger partial charge on any atom is -0.354 e. The Morgan fingerprint density at radius 3 is 2.15 bits per heavy atom. The Balaban J connectivity index is 1.32.